The second-order valence-corrected chi connectivity index (χ2v) is 4.86. The van der Waals surface area contributed by atoms with Crippen LogP contribution in [0.2, 0.25) is 0 Å². The summed E-state index contributed by atoms with van der Waals surface area (Å²) in [6.45, 7) is 6.83. The van der Waals surface area contributed by atoms with Gasteiger partial charge in [0, 0.05) is 12.1 Å². The Morgan fingerprint density at radius 1 is 1.15 bits per heavy atom. The van der Waals surface area contributed by atoms with E-state index in [4.69, 9.17) is 4.74 Å². The first-order chi connectivity index (χ1) is 9.60. The number of nitrogens with one attached hydrogen (secondary N) is 1. The lowest BCUT2D eigenvalue weighted by Gasteiger charge is -2.14. The first-order valence-electron chi connectivity index (χ1n) is 6.87. The fourth-order valence-electron chi connectivity index (χ4n) is 2.04. The first kappa shape index (κ1) is 14.5. The molecule has 2 aromatic carbocycles. The van der Waals surface area contributed by atoms with Crippen molar-refractivity contribution in [2.75, 3.05) is 6.54 Å². The van der Waals surface area contributed by atoms with E-state index in [1.807, 2.05) is 18.2 Å². The third kappa shape index (κ3) is 3.58. The van der Waals surface area contributed by atoms with Gasteiger partial charge in [0.15, 0.2) is 0 Å². The van der Waals surface area contributed by atoms with Crippen molar-refractivity contribution in [2.45, 2.75) is 26.8 Å². The quantitative estimate of drug-likeness (QED) is 0.859. The Balaban J connectivity index is 2.16. The summed E-state index contributed by atoms with van der Waals surface area (Å²) in [4.78, 5) is 0. The fourth-order valence-corrected chi connectivity index (χ4v) is 2.04. The average molecular weight is 273 g/mol. The van der Waals surface area contributed by atoms with Crippen LogP contribution >= 0.6 is 0 Å². The van der Waals surface area contributed by atoms with Gasteiger partial charge in [-0.3, -0.25) is 0 Å². The summed E-state index contributed by atoms with van der Waals surface area (Å²) in [5, 5.41) is 3.35. The normalized spacial score (nSPS) is 12.2. The van der Waals surface area contributed by atoms with Crippen LogP contribution in [0.4, 0.5) is 4.39 Å². The van der Waals surface area contributed by atoms with Crippen molar-refractivity contribution in [1.82, 2.24) is 5.32 Å². The minimum absolute atomic E-state index is 0.250. The van der Waals surface area contributed by atoms with Crippen LogP contribution in [0.5, 0.6) is 11.5 Å². The zero-order valence-corrected chi connectivity index (χ0v) is 12.1. The molecule has 0 aromatic heterocycles. The Hall–Kier alpha value is -1.87. The predicted molar refractivity (Wildman–Crippen MR) is 79.7 cm³/mol. The molecule has 0 saturated carbocycles. The standard InChI is InChI=1S/C17H20FNO/c1-4-19-13(3)14-6-5-7-15(10-14)20-16-9-8-12(2)17(18)11-16/h5-11,13,19H,4H2,1-3H3. The molecule has 2 nitrogen and oxygen atoms in total. The van der Waals surface area contributed by atoms with Gasteiger partial charge >= 0.3 is 0 Å². The highest BCUT2D eigenvalue weighted by Crippen LogP contribution is 2.25. The van der Waals surface area contributed by atoms with Crippen molar-refractivity contribution >= 4 is 0 Å². The van der Waals surface area contributed by atoms with Gasteiger partial charge in [-0.1, -0.05) is 25.1 Å². The minimum Gasteiger partial charge on any atom is -0.457 e. The van der Waals surface area contributed by atoms with E-state index in [1.54, 1.807) is 19.1 Å². The molecule has 20 heavy (non-hydrogen) atoms. The molecule has 0 spiro atoms. The number of hydrogen-bond donors (Lipinski definition) is 1. The molecule has 0 radical (unpaired) electrons. The molecule has 0 aliphatic heterocycles. The highest BCUT2D eigenvalue weighted by molar-refractivity contribution is 5.36. The summed E-state index contributed by atoms with van der Waals surface area (Å²) >= 11 is 0. The molecule has 3 heteroatoms. The van der Waals surface area contributed by atoms with Crippen molar-refractivity contribution in [1.29, 1.82) is 0 Å². The van der Waals surface area contributed by atoms with Crippen LogP contribution in [-0.2, 0) is 0 Å². The molecule has 0 bridgehead atoms. The summed E-state index contributed by atoms with van der Waals surface area (Å²) < 4.78 is 19.2. The van der Waals surface area contributed by atoms with Gasteiger partial charge in [-0.05, 0) is 49.7 Å². The third-order valence-electron chi connectivity index (χ3n) is 3.25. The first-order valence-corrected chi connectivity index (χ1v) is 6.87. The molecule has 2 rings (SSSR count). The van der Waals surface area contributed by atoms with Gasteiger partial charge in [0.2, 0.25) is 0 Å². The van der Waals surface area contributed by atoms with Gasteiger partial charge in [-0.15, -0.1) is 0 Å². The molecular weight excluding hydrogens is 253 g/mol. The zero-order valence-electron chi connectivity index (χ0n) is 12.1. The molecule has 0 aliphatic rings. The van der Waals surface area contributed by atoms with Crippen LogP contribution in [0.3, 0.4) is 0 Å². The molecule has 1 atom stereocenters. The van der Waals surface area contributed by atoms with Gasteiger partial charge in [-0.25, -0.2) is 4.39 Å². The summed E-state index contributed by atoms with van der Waals surface area (Å²) in [6, 6.07) is 13.0. The van der Waals surface area contributed by atoms with Crippen LogP contribution < -0.4 is 10.1 Å². The third-order valence-corrected chi connectivity index (χ3v) is 3.25. The molecule has 0 fully saturated rings. The topological polar surface area (TPSA) is 21.3 Å². The Morgan fingerprint density at radius 2 is 1.90 bits per heavy atom. The maximum atomic E-state index is 13.5. The minimum atomic E-state index is -0.250. The molecule has 0 amide bonds. The van der Waals surface area contributed by atoms with E-state index in [-0.39, 0.29) is 11.9 Å². The van der Waals surface area contributed by atoms with Gasteiger partial charge in [0.25, 0.3) is 0 Å². The van der Waals surface area contributed by atoms with Crippen LogP contribution in [0.25, 0.3) is 0 Å². The van der Waals surface area contributed by atoms with Gasteiger partial charge < -0.3 is 10.1 Å². The van der Waals surface area contributed by atoms with Crippen LogP contribution in [-0.4, -0.2) is 6.54 Å². The zero-order chi connectivity index (χ0) is 14.5. The van der Waals surface area contributed by atoms with Crippen LogP contribution in [0.1, 0.15) is 31.0 Å². The Labute approximate surface area is 119 Å². The number of rotatable bonds is 5. The monoisotopic (exact) mass is 273 g/mol. The van der Waals surface area contributed by atoms with Crippen molar-refractivity contribution in [3.05, 3.63) is 59.4 Å². The highest BCUT2D eigenvalue weighted by atomic mass is 19.1. The summed E-state index contributed by atoms with van der Waals surface area (Å²) in [7, 11) is 0. The SMILES string of the molecule is CCNC(C)c1cccc(Oc2ccc(C)c(F)c2)c1. The number of halogens is 1. The van der Waals surface area contributed by atoms with Gasteiger partial charge in [0.1, 0.15) is 17.3 Å². The molecule has 106 valence electrons. The van der Waals surface area contributed by atoms with E-state index in [9.17, 15) is 4.39 Å². The average Bonchev–Trinajstić information content (AvgIpc) is 2.43. The van der Waals surface area contributed by atoms with Crippen molar-refractivity contribution < 1.29 is 9.13 Å². The van der Waals surface area contributed by atoms with Gasteiger partial charge in [0.05, 0.1) is 0 Å². The second kappa shape index (κ2) is 6.53. The largest absolute Gasteiger partial charge is 0.457 e. The van der Waals surface area contributed by atoms with E-state index in [1.165, 1.54) is 6.07 Å². The number of aryl methyl sites for hydroxylation is 1. The maximum Gasteiger partial charge on any atom is 0.130 e. The van der Waals surface area contributed by atoms with E-state index >= 15 is 0 Å². The predicted octanol–water partition coefficient (Wildman–Crippen LogP) is 4.60. The lowest BCUT2D eigenvalue weighted by Crippen LogP contribution is -2.17. The molecule has 1 N–H and O–H groups in total. The number of ether oxygens (including phenoxy) is 1. The van der Waals surface area contributed by atoms with E-state index in [0.717, 1.165) is 17.9 Å². The highest BCUT2D eigenvalue weighted by Gasteiger charge is 2.06. The smallest absolute Gasteiger partial charge is 0.130 e. The lowest BCUT2D eigenvalue weighted by molar-refractivity contribution is 0.473. The Bertz CT molecular complexity index is 583. The van der Waals surface area contributed by atoms with Crippen molar-refractivity contribution in [2.24, 2.45) is 0 Å². The van der Waals surface area contributed by atoms with E-state index < -0.39 is 0 Å². The van der Waals surface area contributed by atoms with Crippen molar-refractivity contribution in [3.63, 3.8) is 0 Å². The van der Waals surface area contributed by atoms with Crippen LogP contribution in [0.15, 0.2) is 42.5 Å². The lowest BCUT2D eigenvalue weighted by atomic mass is 10.1. The summed E-state index contributed by atoms with van der Waals surface area (Å²) in [6.07, 6.45) is 0. The Kier molecular flexibility index (Phi) is 4.74. The molecule has 0 saturated heterocycles. The number of benzene rings is 2. The summed E-state index contributed by atoms with van der Waals surface area (Å²) in [5.74, 6) is 0.983. The molecular formula is C17H20FNO. The summed E-state index contributed by atoms with van der Waals surface area (Å²) in [5.41, 5.74) is 1.77. The Morgan fingerprint density at radius 3 is 2.60 bits per heavy atom. The van der Waals surface area contributed by atoms with E-state index in [0.29, 0.717) is 11.3 Å². The number of hydrogen-bond acceptors (Lipinski definition) is 2. The molecule has 2 aromatic rings. The fraction of sp³-hybridized carbons (Fsp3) is 0.294. The molecule has 1 unspecified atom stereocenters. The molecule has 0 aliphatic carbocycles. The van der Waals surface area contributed by atoms with Crippen molar-refractivity contribution in [3.8, 4) is 11.5 Å². The molecule has 0 heterocycles. The van der Waals surface area contributed by atoms with Gasteiger partial charge in [-0.2, -0.15) is 0 Å². The second-order valence-electron chi connectivity index (χ2n) is 4.86. The maximum absolute atomic E-state index is 13.5. The van der Waals surface area contributed by atoms with Crippen LogP contribution in [0, 0.1) is 12.7 Å². The van der Waals surface area contributed by atoms with E-state index in [2.05, 4.69) is 25.2 Å².